The lowest BCUT2D eigenvalue weighted by molar-refractivity contribution is 0.0830. The van der Waals surface area contributed by atoms with Crippen LogP contribution in [0.15, 0.2) is 47.1 Å². The van der Waals surface area contributed by atoms with Gasteiger partial charge < -0.3 is 19.9 Å². The third-order valence-electron chi connectivity index (χ3n) is 7.70. The Hall–Kier alpha value is -1.82. The minimum atomic E-state index is 0.190. The van der Waals surface area contributed by atoms with Gasteiger partial charge in [0.2, 0.25) is 0 Å². The van der Waals surface area contributed by atoms with Crippen LogP contribution < -0.4 is 5.32 Å². The van der Waals surface area contributed by atoms with Crippen LogP contribution in [-0.2, 0) is 11.2 Å². The normalized spacial score (nSPS) is 25.5. The molecule has 3 aliphatic heterocycles. The van der Waals surface area contributed by atoms with Crippen LogP contribution in [0, 0.1) is 5.92 Å². The number of likely N-dealkylation sites (tertiary alicyclic amines) is 1. The zero-order valence-electron chi connectivity index (χ0n) is 18.6. The number of piperidine rings is 1. The van der Waals surface area contributed by atoms with Crippen molar-refractivity contribution in [2.75, 3.05) is 31.6 Å². The number of fused-ring (bicyclic) bond motifs is 4. The molecule has 4 nitrogen and oxygen atoms in total. The highest BCUT2D eigenvalue weighted by Crippen LogP contribution is 2.51. The van der Waals surface area contributed by atoms with Gasteiger partial charge >= 0.3 is 0 Å². The molecule has 0 saturated carbocycles. The fourth-order valence-corrected chi connectivity index (χ4v) is 6.41. The predicted molar refractivity (Wildman–Crippen MR) is 134 cm³/mol. The molecule has 3 aromatic rings. The van der Waals surface area contributed by atoms with Gasteiger partial charge in [0.25, 0.3) is 0 Å². The van der Waals surface area contributed by atoms with Gasteiger partial charge in [0.05, 0.1) is 12.1 Å². The second kappa shape index (κ2) is 8.85. The number of H-pyrrole nitrogens is 1. The Labute approximate surface area is 198 Å². The molecule has 6 rings (SSSR count). The summed E-state index contributed by atoms with van der Waals surface area (Å²) >= 11 is 3.65. The van der Waals surface area contributed by atoms with E-state index < -0.39 is 0 Å². The predicted octanol–water partition coefficient (Wildman–Crippen LogP) is 6.59. The first-order chi connectivity index (χ1) is 15.8. The van der Waals surface area contributed by atoms with Crippen LogP contribution in [0.25, 0.3) is 10.9 Å². The summed E-state index contributed by atoms with van der Waals surface area (Å²) in [5.74, 6) is 0.462. The van der Waals surface area contributed by atoms with Crippen LogP contribution in [0.1, 0.15) is 60.9 Å². The van der Waals surface area contributed by atoms with E-state index >= 15 is 0 Å². The lowest BCUT2D eigenvalue weighted by atomic mass is 9.80. The molecule has 0 spiro atoms. The average molecular weight is 494 g/mol. The first-order valence-corrected chi connectivity index (χ1v) is 13.1. The van der Waals surface area contributed by atoms with Gasteiger partial charge in [-0.25, -0.2) is 0 Å². The number of nitrogens with one attached hydrogen (secondary N) is 2. The van der Waals surface area contributed by atoms with Crippen molar-refractivity contribution in [2.45, 2.75) is 50.7 Å². The van der Waals surface area contributed by atoms with Gasteiger partial charge in [-0.3, -0.25) is 0 Å². The van der Waals surface area contributed by atoms with Crippen LogP contribution >= 0.6 is 15.9 Å². The number of rotatable bonds is 5. The molecule has 168 valence electrons. The maximum Gasteiger partial charge on any atom is 0.0896 e. The molecule has 0 radical (unpaired) electrons. The summed E-state index contributed by atoms with van der Waals surface area (Å²) in [4.78, 5) is 6.11. The molecule has 2 saturated heterocycles. The topological polar surface area (TPSA) is 40.3 Å². The van der Waals surface area contributed by atoms with Gasteiger partial charge in [-0.2, -0.15) is 0 Å². The van der Waals surface area contributed by atoms with Crippen molar-refractivity contribution in [3.63, 3.8) is 0 Å². The minimum Gasteiger partial charge on any atom is -0.377 e. The highest BCUT2D eigenvalue weighted by molar-refractivity contribution is 9.10. The molecule has 0 bridgehead atoms. The summed E-state index contributed by atoms with van der Waals surface area (Å²) < 4.78 is 7.46. The molecule has 5 heteroatoms. The monoisotopic (exact) mass is 493 g/mol. The molecule has 32 heavy (non-hydrogen) atoms. The van der Waals surface area contributed by atoms with E-state index in [1.165, 1.54) is 78.6 Å². The van der Waals surface area contributed by atoms with Gasteiger partial charge in [-0.1, -0.05) is 34.5 Å². The Morgan fingerprint density at radius 2 is 1.94 bits per heavy atom. The average Bonchev–Trinajstić information content (AvgIpc) is 3.47. The molecule has 1 aromatic heterocycles. The molecule has 0 aliphatic carbocycles. The van der Waals surface area contributed by atoms with Gasteiger partial charge in [-0.05, 0) is 81.6 Å². The third kappa shape index (κ3) is 3.89. The second-order valence-electron chi connectivity index (χ2n) is 9.73. The molecule has 4 heterocycles. The van der Waals surface area contributed by atoms with Crippen LogP contribution in [0.3, 0.4) is 0 Å². The van der Waals surface area contributed by atoms with E-state index in [4.69, 9.17) is 4.74 Å². The number of nitrogens with zero attached hydrogens (tertiary/aromatic N) is 1. The number of ether oxygens (including phenoxy) is 1. The molecular formula is C27H32BrN3O. The number of halogens is 1. The number of hydrogen-bond donors (Lipinski definition) is 2. The number of anilines is 1. The zero-order valence-corrected chi connectivity index (χ0v) is 20.2. The molecule has 2 fully saturated rings. The van der Waals surface area contributed by atoms with Crippen LogP contribution in [0.5, 0.6) is 0 Å². The maximum absolute atomic E-state index is 6.33. The van der Waals surface area contributed by atoms with Crippen LogP contribution in [0.2, 0.25) is 0 Å². The first kappa shape index (κ1) is 20.8. The van der Waals surface area contributed by atoms with Gasteiger partial charge in [0.15, 0.2) is 0 Å². The minimum absolute atomic E-state index is 0.190. The summed E-state index contributed by atoms with van der Waals surface area (Å²) in [5, 5.41) is 5.19. The third-order valence-corrected chi connectivity index (χ3v) is 8.19. The van der Waals surface area contributed by atoms with Crippen molar-refractivity contribution in [1.29, 1.82) is 0 Å². The first-order valence-electron chi connectivity index (χ1n) is 12.3. The number of hydrogen-bond acceptors (Lipinski definition) is 3. The number of benzene rings is 2. The quantitative estimate of drug-likeness (QED) is 0.420. The SMILES string of the molecule is Brc1ccc2[nH]cc(C3Nc4ccc(CCCN5CCCCC5)cc4C4OCCC34)c2c1. The molecule has 2 aromatic carbocycles. The molecule has 3 unspecified atom stereocenters. The second-order valence-corrected chi connectivity index (χ2v) is 10.6. The summed E-state index contributed by atoms with van der Waals surface area (Å²) in [7, 11) is 0. The van der Waals surface area contributed by atoms with Crippen LogP contribution in [-0.4, -0.2) is 36.1 Å². The van der Waals surface area contributed by atoms with E-state index in [2.05, 4.69) is 73.7 Å². The van der Waals surface area contributed by atoms with Gasteiger partial charge in [0.1, 0.15) is 0 Å². The van der Waals surface area contributed by atoms with Gasteiger partial charge in [-0.15, -0.1) is 0 Å². The Morgan fingerprint density at radius 1 is 1.03 bits per heavy atom. The molecule has 0 amide bonds. The number of aryl methyl sites for hydroxylation is 1. The Morgan fingerprint density at radius 3 is 2.84 bits per heavy atom. The largest absolute Gasteiger partial charge is 0.377 e. The number of aromatic nitrogens is 1. The lowest BCUT2D eigenvalue weighted by Crippen LogP contribution is -2.30. The summed E-state index contributed by atoms with van der Waals surface area (Å²) in [6, 6.07) is 13.8. The summed E-state index contributed by atoms with van der Waals surface area (Å²) in [6.07, 6.45) is 10.0. The fraction of sp³-hybridized carbons (Fsp3) is 0.481. The van der Waals surface area contributed by atoms with E-state index in [1.807, 2.05) is 0 Å². The van der Waals surface area contributed by atoms with Crippen LogP contribution in [0.4, 0.5) is 5.69 Å². The van der Waals surface area contributed by atoms with Crippen molar-refractivity contribution >= 4 is 32.5 Å². The highest BCUT2D eigenvalue weighted by Gasteiger charge is 2.42. The maximum atomic E-state index is 6.33. The van der Waals surface area contributed by atoms with E-state index in [-0.39, 0.29) is 12.1 Å². The van der Waals surface area contributed by atoms with Crippen molar-refractivity contribution in [3.05, 3.63) is 63.8 Å². The highest BCUT2D eigenvalue weighted by atomic mass is 79.9. The standard InChI is InChI=1S/C27H32BrN3O/c28-19-7-9-24-21(16-19)23(17-29-24)26-20-10-14-32-27(20)22-15-18(6-8-25(22)30-26)5-4-13-31-11-2-1-3-12-31/h6-9,15-17,20,26-27,29-30H,1-5,10-14H2. The van der Waals surface area contributed by atoms with Gasteiger partial charge in [0, 0.05) is 50.9 Å². The van der Waals surface area contributed by atoms with E-state index in [1.54, 1.807) is 0 Å². The van der Waals surface area contributed by atoms with Crippen molar-refractivity contribution < 1.29 is 4.74 Å². The number of aromatic amines is 1. The van der Waals surface area contributed by atoms with E-state index in [9.17, 15) is 0 Å². The molecule has 3 atom stereocenters. The summed E-state index contributed by atoms with van der Waals surface area (Å²) in [5.41, 5.74) is 6.59. The van der Waals surface area contributed by atoms with Crippen molar-refractivity contribution in [2.24, 2.45) is 5.92 Å². The van der Waals surface area contributed by atoms with Crippen molar-refractivity contribution in [1.82, 2.24) is 9.88 Å². The molecule has 2 N–H and O–H groups in total. The smallest absolute Gasteiger partial charge is 0.0896 e. The zero-order chi connectivity index (χ0) is 21.5. The molecule has 3 aliphatic rings. The van der Waals surface area contributed by atoms with Crippen molar-refractivity contribution in [3.8, 4) is 0 Å². The van der Waals surface area contributed by atoms with E-state index in [0.29, 0.717) is 5.92 Å². The summed E-state index contributed by atoms with van der Waals surface area (Å²) in [6.45, 7) is 4.66. The van der Waals surface area contributed by atoms with E-state index in [0.717, 1.165) is 23.9 Å². The lowest BCUT2D eigenvalue weighted by Gasteiger charge is -2.36. The Bertz CT molecular complexity index is 1100. The Kier molecular flexibility index (Phi) is 5.74. The molecular weight excluding hydrogens is 462 g/mol. The Balaban J connectivity index is 1.23. The fourth-order valence-electron chi connectivity index (χ4n) is 6.05.